The third kappa shape index (κ3) is 4.11. The molecule has 0 radical (unpaired) electrons. The summed E-state index contributed by atoms with van der Waals surface area (Å²) in [7, 11) is 1.42. The summed E-state index contributed by atoms with van der Waals surface area (Å²) in [5, 5.41) is 6.99. The van der Waals surface area contributed by atoms with Crippen LogP contribution in [-0.2, 0) is 0 Å². The average molecular weight is 497 g/mol. The monoisotopic (exact) mass is 496 g/mol. The lowest BCUT2D eigenvalue weighted by Gasteiger charge is -2.29. The van der Waals surface area contributed by atoms with E-state index in [4.69, 9.17) is 14.9 Å². The highest BCUT2D eigenvalue weighted by Crippen LogP contribution is 2.46. The molecule has 0 spiro atoms. The van der Waals surface area contributed by atoms with E-state index in [-0.39, 0.29) is 39.6 Å². The summed E-state index contributed by atoms with van der Waals surface area (Å²) in [6.45, 7) is 5.12. The first-order chi connectivity index (χ1) is 17.0. The van der Waals surface area contributed by atoms with Gasteiger partial charge in [-0.25, -0.2) is 8.78 Å². The Balaban J connectivity index is 1.85. The number of methoxy groups -OCH3 is 1. The number of hydrogen-bond donors (Lipinski definition) is 3. The van der Waals surface area contributed by atoms with Crippen LogP contribution in [0.25, 0.3) is 33.2 Å². The molecule has 1 aliphatic rings. The molecule has 0 amide bonds. The molecule has 35 heavy (non-hydrogen) atoms. The summed E-state index contributed by atoms with van der Waals surface area (Å²) >= 11 is 1.07. The smallest absolute Gasteiger partial charge is 0.318 e. The molecule has 2 aromatic carbocycles. The van der Waals surface area contributed by atoms with Crippen LogP contribution < -0.4 is 21.1 Å². The number of benzene rings is 2. The summed E-state index contributed by atoms with van der Waals surface area (Å²) in [5.41, 5.74) is 7.58. The first kappa shape index (κ1) is 23.2. The van der Waals surface area contributed by atoms with Crippen LogP contribution >= 0.6 is 11.8 Å². The maximum absolute atomic E-state index is 16.5. The average Bonchev–Trinajstić information content (AvgIpc) is 3.37. The molecular weight excluding hydrogens is 474 g/mol. The summed E-state index contributed by atoms with van der Waals surface area (Å²) in [6.07, 6.45) is 3.01. The number of furan rings is 1. The van der Waals surface area contributed by atoms with E-state index in [9.17, 15) is 4.39 Å². The van der Waals surface area contributed by atoms with E-state index < -0.39 is 11.6 Å². The summed E-state index contributed by atoms with van der Waals surface area (Å²) in [5.74, 6) is -0.571. The number of ether oxygens (including phenoxy) is 1. The summed E-state index contributed by atoms with van der Waals surface area (Å²) in [6, 6.07) is 6.42. The van der Waals surface area contributed by atoms with Crippen molar-refractivity contribution >= 4 is 40.9 Å². The Morgan fingerprint density at radius 1 is 1.29 bits per heavy atom. The second-order valence-electron chi connectivity index (χ2n) is 7.82. The number of aliphatic imine (C=N–C) groups is 1. The Hall–Kier alpha value is -3.54. The van der Waals surface area contributed by atoms with Gasteiger partial charge in [-0.05, 0) is 36.5 Å². The largest absolute Gasteiger partial charge is 0.472 e. The molecule has 4 aromatic rings. The van der Waals surface area contributed by atoms with Gasteiger partial charge in [0.15, 0.2) is 5.82 Å². The molecule has 0 atom stereocenters. The van der Waals surface area contributed by atoms with Crippen molar-refractivity contribution in [3.05, 3.63) is 48.4 Å². The molecule has 5 rings (SSSR count). The molecule has 8 nitrogen and oxygen atoms in total. The van der Waals surface area contributed by atoms with E-state index in [2.05, 4.69) is 32.3 Å². The van der Waals surface area contributed by atoms with Gasteiger partial charge < -0.3 is 25.5 Å². The van der Waals surface area contributed by atoms with Gasteiger partial charge in [-0.3, -0.25) is 4.99 Å². The molecule has 0 aliphatic carbocycles. The zero-order chi connectivity index (χ0) is 24.5. The number of fused-ring (bicyclic) bond motifs is 1. The highest BCUT2D eigenvalue weighted by Gasteiger charge is 2.26. The Kier molecular flexibility index (Phi) is 6.37. The van der Waals surface area contributed by atoms with Crippen LogP contribution in [-0.4, -0.2) is 48.8 Å². The minimum absolute atomic E-state index is 0.0220. The van der Waals surface area contributed by atoms with Crippen LogP contribution in [0.5, 0.6) is 6.01 Å². The number of aromatic nitrogens is 2. The van der Waals surface area contributed by atoms with Crippen molar-refractivity contribution in [2.24, 2.45) is 10.7 Å². The lowest BCUT2D eigenvalue weighted by atomic mass is 9.92. The van der Waals surface area contributed by atoms with Crippen molar-refractivity contribution in [1.82, 2.24) is 15.3 Å². The van der Waals surface area contributed by atoms with Crippen molar-refractivity contribution < 1.29 is 17.9 Å². The van der Waals surface area contributed by atoms with Gasteiger partial charge in [0.05, 0.1) is 36.3 Å². The van der Waals surface area contributed by atoms with Crippen LogP contribution in [0.2, 0.25) is 0 Å². The number of nitrogens with two attached hydrogens (primary N) is 1. The molecule has 2 aromatic heterocycles. The summed E-state index contributed by atoms with van der Waals surface area (Å²) < 4.78 is 41.7. The van der Waals surface area contributed by atoms with Gasteiger partial charge in [0, 0.05) is 41.0 Å². The first-order valence-corrected chi connectivity index (χ1v) is 11.7. The fourth-order valence-corrected chi connectivity index (χ4v) is 4.71. The molecule has 0 saturated carbocycles. The third-order valence-electron chi connectivity index (χ3n) is 5.79. The van der Waals surface area contributed by atoms with Crippen LogP contribution in [0.15, 0.2) is 51.1 Å². The maximum atomic E-state index is 16.5. The summed E-state index contributed by atoms with van der Waals surface area (Å²) in [4.78, 5) is 13.0. The number of nitrogens with zero attached hydrogens (tertiary/aromatic N) is 3. The minimum Gasteiger partial charge on any atom is -0.472 e. The van der Waals surface area contributed by atoms with Crippen molar-refractivity contribution in [3.63, 3.8) is 0 Å². The van der Waals surface area contributed by atoms with Gasteiger partial charge >= 0.3 is 6.01 Å². The molecule has 0 bridgehead atoms. The molecule has 11 heteroatoms. The molecule has 1 fully saturated rings. The standard InChI is InChI=1S/C24H22F2N6O2S/c1-28-21-14(3-4-17(25)22(21)35-11-27)18-15(12-5-6-34-10-12)7-16-20(19(18)26)31-24(33-2)32-23(16)30-13-8-29-9-13/h3-7,10,13,29H,1,8-9,11,27H2,2H3,(H,30,31,32). The highest BCUT2D eigenvalue weighted by molar-refractivity contribution is 7.99. The lowest BCUT2D eigenvalue weighted by molar-refractivity contribution is 0.381. The van der Waals surface area contributed by atoms with E-state index in [1.54, 1.807) is 12.1 Å². The van der Waals surface area contributed by atoms with Crippen molar-refractivity contribution in [2.45, 2.75) is 10.9 Å². The Bertz CT molecular complexity index is 1410. The molecule has 0 unspecified atom stereocenters. The fourth-order valence-electron chi connectivity index (χ4n) is 4.03. The zero-order valence-electron chi connectivity index (χ0n) is 18.8. The van der Waals surface area contributed by atoms with E-state index in [1.165, 1.54) is 31.8 Å². The van der Waals surface area contributed by atoms with Crippen molar-refractivity contribution in [2.75, 3.05) is 31.4 Å². The third-order valence-corrected chi connectivity index (χ3v) is 6.63. The van der Waals surface area contributed by atoms with Crippen LogP contribution in [0.4, 0.5) is 20.3 Å². The molecule has 180 valence electrons. The predicted molar refractivity (Wildman–Crippen MR) is 134 cm³/mol. The Morgan fingerprint density at radius 3 is 2.74 bits per heavy atom. The van der Waals surface area contributed by atoms with Crippen molar-refractivity contribution in [3.8, 4) is 28.3 Å². The van der Waals surface area contributed by atoms with Gasteiger partial charge in [-0.2, -0.15) is 9.97 Å². The first-order valence-electron chi connectivity index (χ1n) is 10.8. The van der Waals surface area contributed by atoms with E-state index in [0.717, 1.165) is 24.9 Å². The van der Waals surface area contributed by atoms with Crippen molar-refractivity contribution in [1.29, 1.82) is 0 Å². The number of halogens is 2. The van der Waals surface area contributed by atoms with Gasteiger partial charge in [-0.15, -0.1) is 11.8 Å². The predicted octanol–water partition coefficient (Wildman–Crippen LogP) is 4.57. The fraction of sp³-hybridized carbons (Fsp3) is 0.208. The second-order valence-corrected chi connectivity index (χ2v) is 8.85. The number of anilines is 1. The maximum Gasteiger partial charge on any atom is 0.318 e. The normalized spacial score (nSPS) is 13.6. The molecule has 1 saturated heterocycles. The van der Waals surface area contributed by atoms with E-state index in [0.29, 0.717) is 27.9 Å². The minimum atomic E-state index is -0.630. The van der Waals surface area contributed by atoms with Crippen LogP contribution in [0, 0.1) is 11.6 Å². The number of nitrogens with one attached hydrogen (secondary N) is 2. The van der Waals surface area contributed by atoms with Crippen LogP contribution in [0.1, 0.15) is 0 Å². The van der Waals surface area contributed by atoms with Gasteiger partial charge in [0.25, 0.3) is 0 Å². The molecule has 4 N–H and O–H groups in total. The lowest BCUT2D eigenvalue weighted by Crippen LogP contribution is -2.51. The van der Waals surface area contributed by atoms with Crippen LogP contribution in [0.3, 0.4) is 0 Å². The number of rotatable bonds is 8. The molecular formula is C24H22F2N6O2S. The Morgan fingerprint density at radius 2 is 2.11 bits per heavy atom. The highest BCUT2D eigenvalue weighted by atomic mass is 32.2. The van der Waals surface area contributed by atoms with E-state index in [1.807, 2.05) is 0 Å². The zero-order valence-corrected chi connectivity index (χ0v) is 19.6. The topological polar surface area (TPSA) is 111 Å². The second kappa shape index (κ2) is 9.61. The molecule has 3 heterocycles. The van der Waals surface area contributed by atoms with Gasteiger partial charge in [0.1, 0.15) is 17.2 Å². The SMILES string of the molecule is C=Nc1c(-c2c(-c3ccoc3)cc3c(NC4CNC4)nc(OC)nc3c2F)ccc(F)c1SCN. The van der Waals surface area contributed by atoms with Gasteiger partial charge in [-0.1, -0.05) is 0 Å². The van der Waals surface area contributed by atoms with E-state index >= 15 is 4.39 Å². The quantitative estimate of drug-likeness (QED) is 0.185. The Labute approximate surface area is 204 Å². The molecule has 1 aliphatic heterocycles. The number of thioether (sulfide) groups is 1. The number of hydrogen-bond acceptors (Lipinski definition) is 9. The van der Waals surface area contributed by atoms with Gasteiger partial charge in [0.2, 0.25) is 0 Å².